The Morgan fingerprint density at radius 2 is 0.772 bits per heavy atom. The Bertz CT molecular complexity index is 3180. The molecule has 123 heavy (non-hydrogen) atoms. The normalized spacial score (nSPS) is 25.9. The quantitative estimate of drug-likeness (QED) is 0.0133. The number of allylic oxidation sites excluding steroid dienone is 1. The predicted molar refractivity (Wildman–Crippen MR) is 445 cm³/mol. The number of ketones is 3. The smallest absolute Gasteiger partial charge is 0.550 e. The summed E-state index contributed by atoms with van der Waals surface area (Å²) in [6.45, 7) is 17.0. The van der Waals surface area contributed by atoms with Gasteiger partial charge in [0.25, 0.3) is 0 Å². The van der Waals surface area contributed by atoms with Crippen LogP contribution in [0.25, 0.3) is 0 Å². The van der Waals surface area contributed by atoms with Gasteiger partial charge in [-0.25, -0.2) is 4.79 Å². The van der Waals surface area contributed by atoms with E-state index in [1.807, 2.05) is 34.1 Å². The zero-order chi connectivity index (χ0) is 88.4. The van der Waals surface area contributed by atoms with Crippen molar-refractivity contribution in [1.29, 1.82) is 0 Å². The first-order valence-electron chi connectivity index (χ1n) is 43.7. The van der Waals surface area contributed by atoms with Gasteiger partial charge in [-0.2, -0.15) is 11.8 Å². The summed E-state index contributed by atoms with van der Waals surface area (Å²) in [5, 5.41) is 45.0. The number of carbonyl (C=O) groups excluding carboxylic acids is 12. The third-order valence-electron chi connectivity index (χ3n) is 21.4. The second-order valence-corrected chi connectivity index (χ2v) is 34.0. The van der Waals surface area contributed by atoms with Gasteiger partial charge in [0.1, 0.15) is 35.5 Å². The number of nitrogens with one attached hydrogen (secondary N) is 12. The van der Waals surface area contributed by atoms with Gasteiger partial charge in [0, 0.05) is 107 Å². The van der Waals surface area contributed by atoms with Gasteiger partial charge in [-0.05, 0) is 158 Å². The van der Waals surface area contributed by atoms with E-state index in [1.54, 1.807) is 17.8 Å². The molecule has 12 N–H and O–H groups in total. The van der Waals surface area contributed by atoms with E-state index in [0.29, 0.717) is 150 Å². The maximum Gasteiger partial charge on any atom is 1.00 e. The number of carbonyl (C=O) groups is 12. The molecule has 0 aromatic heterocycles. The zero-order valence-corrected chi connectivity index (χ0v) is 77.8. The van der Waals surface area contributed by atoms with Crippen LogP contribution in [0.2, 0.25) is 0 Å². The first-order chi connectivity index (χ1) is 58.8. The largest absolute Gasteiger partial charge is 1.00 e. The summed E-state index contributed by atoms with van der Waals surface area (Å²) in [6.07, 6.45) is 13.6. The molecule has 40 heteroatoms. The van der Waals surface area contributed by atoms with Crippen LogP contribution in [-0.4, -0.2) is 309 Å². The van der Waals surface area contributed by atoms with Crippen LogP contribution >= 0.6 is 11.8 Å². The number of urea groups is 1. The molecule has 9 amide bonds. The second kappa shape index (κ2) is 61.6. The molecule has 0 aromatic rings. The number of fused-ring (bicyclic) bond motifs is 1. The topological polar surface area (TPSA) is 492 Å². The van der Waals surface area contributed by atoms with Gasteiger partial charge >= 0.3 is 57.4 Å². The monoisotopic (exact) mass is 1790 g/mol. The van der Waals surface area contributed by atoms with E-state index in [2.05, 4.69) is 63.8 Å². The van der Waals surface area contributed by atoms with E-state index in [9.17, 15) is 62.6 Å². The Morgan fingerprint density at radius 3 is 1.11 bits per heavy atom. The number of thioether (sulfide) groups is 1. The van der Waals surface area contributed by atoms with Crippen molar-refractivity contribution < 1.29 is 176 Å². The summed E-state index contributed by atoms with van der Waals surface area (Å²) in [5.41, 5.74) is -0.868. The SMILES string of the molecule is CC/C=C/CC(=O)NC(CCC(C)=O)C(=O)NCCCC1OCC2(COC(CCCNC)OC2)CO1.CNCCCC1OCC2(CO1)COC(CCCNC(=O)C(CCC(C)=O)NC(=O)CCCC(=O)[O-])OC2.CNCCCC1OCC2(CO1)COC(CCCNC(=O)C(CCC(C)=O)NC(=O)CCOCCNC(=O)CC1SCC3NC(=O)NC31)OC2.[K+]. The van der Waals surface area contributed by atoms with E-state index in [1.165, 1.54) is 20.8 Å². The molecular weight excluding hydrogens is 1650 g/mol. The second-order valence-electron chi connectivity index (χ2n) is 32.8. The summed E-state index contributed by atoms with van der Waals surface area (Å²) < 4.78 is 76.3. The number of ether oxygens (including phenoxy) is 13. The van der Waals surface area contributed by atoms with Crippen molar-refractivity contribution in [1.82, 2.24) is 63.8 Å². The van der Waals surface area contributed by atoms with E-state index in [4.69, 9.17) is 61.6 Å². The first-order valence-corrected chi connectivity index (χ1v) is 44.7. The number of carboxylic acid groups (broad SMARTS) is 1. The van der Waals surface area contributed by atoms with Crippen molar-refractivity contribution in [3.8, 4) is 0 Å². The molecule has 8 rings (SSSR count). The summed E-state index contributed by atoms with van der Waals surface area (Å²) in [7, 11) is 5.77. The minimum atomic E-state index is -1.23. The van der Waals surface area contributed by atoms with Crippen LogP contribution in [-0.2, 0) is 114 Å². The van der Waals surface area contributed by atoms with Crippen LogP contribution in [0.1, 0.15) is 188 Å². The van der Waals surface area contributed by atoms with E-state index in [0.717, 1.165) is 70.3 Å². The van der Waals surface area contributed by atoms with Gasteiger partial charge in [-0.3, -0.25) is 33.6 Å². The zero-order valence-electron chi connectivity index (χ0n) is 73.8. The van der Waals surface area contributed by atoms with Crippen molar-refractivity contribution in [2.24, 2.45) is 16.2 Å². The van der Waals surface area contributed by atoms with E-state index in [-0.39, 0.29) is 265 Å². The Hall–Kier alpha value is -4.87. The van der Waals surface area contributed by atoms with Crippen molar-refractivity contribution in [2.45, 2.75) is 261 Å². The molecule has 0 saturated carbocycles. The number of rotatable bonds is 54. The molecule has 696 valence electrons. The first kappa shape index (κ1) is 109. The van der Waals surface area contributed by atoms with E-state index >= 15 is 0 Å². The average Bonchev–Trinajstić information content (AvgIpc) is 1.70. The molecule has 0 bridgehead atoms. The number of carboxylic acids is 1. The number of amides is 9. The number of hydrogen-bond donors (Lipinski definition) is 12. The number of aliphatic carboxylic acids is 1. The van der Waals surface area contributed by atoms with Crippen LogP contribution < -0.4 is 120 Å². The fourth-order valence-corrected chi connectivity index (χ4v) is 15.6. The molecule has 38 nitrogen and oxygen atoms in total. The fraction of sp³-hybridized carbons (Fsp3) is 0.831. The van der Waals surface area contributed by atoms with Crippen molar-refractivity contribution >= 4 is 82.5 Å². The minimum Gasteiger partial charge on any atom is -0.550 e. The third kappa shape index (κ3) is 44.3. The molecule has 3 spiro atoms. The Kier molecular flexibility index (Phi) is 54.4. The standard InChI is InChI=1S/C32H54N6O10S.C26H45N3O7.C25H43N3O9.K/c1-21(39)7-8-22(36-25(40)9-13-44-14-12-34-26(41)15-24-29-23(16-49-24)37-31(43)38-29)30(42)35-11-4-6-28-47-19-32(20-48-28)17-45-27(46-18-32)5-3-10-33-2;1-4-5-6-9-22(31)29-21(13-12-20(2)30)25(32)28-15-8-11-24-35-18-26(19-36-24)16-33-23(34-17-26)10-7-14-27-3;1-18(29)10-11-19(28-20(30)6-3-7-21(31)32)24(33)27-13-5-9-23-36-16-25(17-37-23)14-34-22(35-15-25)8-4-12-26-2;/h22-24,27-29,33H,3-20H2,1-2H3,(H,34,41)(H,35,42)(H,36,40)(H2,37,38,43);5-6,21,23-24,27H,4,7-19H2,1-3H3,(H,28,32)(H,29,31);19,22-23,26H,3-17H2,1-2H3,(H,27,33)(H,28,30)(H,31,32);/q;;;+1/p-1/b;6-5+;;. The van der Waals surface area contributed by atoms with Gasteiger partial charge in [0.2, 0.25) is 41.4 Å². The van der Waals surface area contributed by atoms with Gasteiger partial charge in [-0.1, -0.05) is 19.1 Å². The van der Waals surface area contributed by atoms with Crippen molar-refractivity contribution in [2.75, 3.05) is 165 Å². The molecule has 8 aliphatic heterocycles. The molecular formula is C83H141KN12O26S. The molecule has 0 radical (unpaired) electrons. The van der Waals surface area contributed by atoms with Gasteiger partial charge in [0.15, 0.2) is 37.7 Å². The molecule has 6 unspecified atom stereocenters. The number of Topliss-reactive ketones (excluding diaryl/α,β-unsaturated/α-hetero) is 3. The summed E-state index contributed by atoms with van der Waals surface area (Å²) in [4.78, 5) is 144. The summed E-state index contributed by atoms with van der Waals surface area (Å²) >= 11 is 1.66. The maximum atomic E-state index is 12.9. The Labute approximate surface area is 771 Å². The third-order valence-corrected chi connectivity index (χ3v) is 22.9. The van der Waals surface area contributed by atoms with Crippen LogP contribution in [0.4, 0.5) is 4.79 Å². The summed E-state index contributed by atoms with van der Waals surface area (Å²) in [6, 6.07) is -2.62. The predicted octanol–water partition coefficient (Wildman–Crippen LogP) is -2.24. The van der Waals surface area contributed by atoms with Crippen molar-refractivity contribution in [3.63, 3.8) is 0 Å². The molecule has 0 aromatic carbocycles. The number of hydrogen-bond acceptors (Lipinski definition) is 30. The molecule has 0 aliphatic carbocycles. The van der Waals surface area contributed by atoms with Crippen LogP contribution in [0, 0.1) is 16.2 Å². The van der Waals surface area contributed by atoms with Gasteiger partial charge in [-0.15, -0.1) is 0 Å². The molecule has 8 aliphatic rings. The molecule has 8 fully saturated rings. The maximum absolute atomic E-state index is 12.9. The van der Waals surface area contributed by atoms with Gasteiger partial charge < -0.3 is 150 Å². The van der Waals surface area contributed by atoms with Crippen molar-refractivity contribution in [3.05, 3.63) is 12.2 Å². The Morgan fingerprint density at radius 1 is 0.431 bits per heavy atom. The van der Waals surface area contributed by atoms with Crippen LogP contribution in [0.3, 0.4) is 0 Å². The van der Waals surface area contributed by atoms with Crippen LogP contribution in [0.15, 0.2) is 12.2 Å². The van der Waals surface area contributed by atoms with Crippen LogP contribution in [0.5, 0.6) is 0 Å². The summed E-state index contributed by atoms with van der Waals surface area (Å²) in [5.74, 6) is -2.84. The Balaban J connectivity index is 0.000000332. The molecule has 6 atom stereocenters. The molecule has 8 heterocycles. The van der Waals surface area contributed by atoms with E-state index < -0.39 is 30.0 Å². The minimum absolute atomic E-state index is 0. The fourth-order valence-electron chi connectivity index (χ4n) is 14.2. The van der Waals surface area contributed by atoms with Gasteiger partial charge in [0.05, 0.1) is 121 Å². The molecule has 8 saturated heterocycles. The average molecular weight is 1790 g/mol.